The van der Waals surface area contributed by atoms with Crippen LogP contribution in [-0.2, 0) is 4.74 Å². The van der Waals surface area contributed by atoms with Crippen molar-refractivity contribution in [3.63, 3.8) is 0 Å². The second-order valence-electron chi connectivity index (χ2n) is 5.00. The number of fused-ring (bicyclic) bond motifs is 2. The van der Waals surface area contributed by atoms with Crippen LogP contribution in [0.15, 0.2) is 53.4 Å². The molecule has 0 atom stereocenters. The summed E-state index contributed by atoms with van der Waals surface area (Å²) in [6.07, 6.45) is 0. The van der Waals surface area contributed by atoms with Crippen molar-refractivity contribution in [1.29, 1.82) is 0 Å². The van der Waals surface area contributed by atoms with Gasteiger partial charge in [0.15, 0.2) is 0 Å². The minimum atomic E-state index is 0.769. The molecule has 3 aromatic rings. The summed E-state index contributed by atoms with van der Waals surface area (Å²) in [6, 6.07) is 16.9. The van der Waals surface area contributed by atoms with E-state index in [0.717, 1.165) is 24.7 Å². The maximum absolute atomic E-state index is 5.70. The van der Waals surface area contributed by atoms with Gasteiger partial charge in [0.05, 0.1) is 13.7 Å². The van der Waals surface area contributed by atoms with Gasteiger partial charge in [0.1, 0.15) is 5.75 Å². The predicted octanol–water partition coefficient (Wildman–Crippen LogP) is 5.13. The van der Waals surface area contributed by atoms with Crippen LogP contribution >= 0.6 is 11.8 Å². The largest absolute Gasteiger partial charge is 0.495 e. The average molecular weight is 312 g/mol. The summed E-state index contributed by atoms with van der Waals surface area (Å²) in [4.78, 5) is 1.31. The third-order valence-electron chi connectivity index (χ3n) is 3.71. The molecule has 2 nitrogen and oxygen atoms in total. The number of rotatable bonds is 6. The molecule has 0 saturated carbocycles. The van der Waals surface area contributed by atoms with Gasteiger partial charge in [-0.2, -0.15) is 0 Å². The maximum Gasteiger partial charge on any atom is 0.134 e. The first-order chi connectivity index (χ1) is 10.9. The monoisotopic (exact) mass is 312 g/mol. The normalized spacial score (nSPS) is 11.2. The summed E-state index contributed by atoms with van der Waals surface area (Å²) >= 11 is 1.86. The van der Waals surface area contributed by atoms with Gasteiger partial charge in [-0.3, -0.25) is 0 Å². The number of ether oxygens (including phenoxy) is 2. The van der Waals surface area contributed by atoms with E-state index in [1.165, 1.54) is 26.4 Å². The van der Waals surface area contributed by atoms with Crippen molar-refractivity contribution >= 4 is 33.3 Å². The molecule has 114 valence electrons. The molecule has 0 fully saturated rings. The lowest BCUT2D eigenvalue weighted by Gasteiger charge is -2.15. The van der Waals surface area contributed by atoms with Gasteiger partial charge >= 0.3 is 0 Å². The van der Waals surface area contributed by atoms with Crippen LogP contribution in [0.2, 0.25) is 0 Å². The van der Waals surface area contributed by atoms with E-state index in [4.69, 9.17) is 9.47 Å². The van der Waals surface area contributed by atoms with Gasteiger partial charge in [-0.05, 0) is 17.7 Å². The summed E-state index contributed by atoms with van der Waals surface area (Å²) in [5.41, 5.74) is 0. The smallest absolute Gasteiger partial charge is 0.134 e. The molecule has 0 aromatic heterocycles. The van der Waals surface area contributed by atoms with E-state index in [1.54, 1.807) is 7.11 Å². The van der Waals surface area contributed by atoms with Crippen molar-refractivity contribution < 1.29 is 9.47 Å². The standard InChI is InChI=1S/C19H20O2S/c1-3-21-12-13-22-19-16-10-6-4-8-14(16)18(20-2)15-9-5-7-11-17(15)19/h4-11H,3,12-13H2,1-2H3. The molecule has 0 spiro atoms. The summed E-state index contributed by atoms with van der Waals surface area (Å²) < 4.78 is 11.2. The van der Waals surface area contributed by atoms with Gasteiger partial charge in [0.2, 0.25) is 0 Å². The van der Waals surface area contributed by atoms with E-state index in [9.17, 15) is 0 Å². The minimum Gasteiger partial charge on any atom is -0.495 e. The van der Waals surface area contributed by atoms with Crippen LogP contribution in [0.25, 0.3) is 21.5 Å². The van der Waals surface area contributed by atoms with Gasteiger partial charge in [0.25, 0.3) is 0 Å². The molecule has 0 amide bonds. The van der Waals surface area contributed by atoms with E-state index in [1.807, 2.05) is 18.7 Å². The molecule has 3 aromatic carbocycles. The topological polar surface area (TPSA) is 18.5 Å². The Morgan fingerprint density at radius 2 is 1.41 bits per heavy atom. The molecule has 0 bridgehead atoms. The highest BCUT2D eigenvalue weighted by atomic mass is 32.2. The molecule has 0 radical (unpaired) electrons. The fourth-order valence-electron chi connectivity index (χ4n) is 2.77. The zero-order chi connectivity index (χ0) is 15.4. The zero-order valence-corrected chi connectivity index (χ0v) is 13.8. The average Bonchev–Trinajstić information content (AvgIpc) is 2.58. The summed E-state index contributed by atoms with van der Waals surface area (Å²) in [6.45, 7) is 3.57. The van der Waals surface area contributed by atoms with Gasteiger partial charge < -0.3 is 9.47 Å². The van der Waals surface area contributed by atoms with Gasteiger partial charge in [-0.1, -0.05) is 48.5 Å². The van der Waals surface area contributed by atoms with Gasteiger partial charge in [0, 0.05) is 28.0 Å². The molecule has 0 unspecified atom stereocenters. The Kier molecular flexibility index (Phi) is 4.86. The highest BCUT2D eigenvalue weighted by Crippen LogP contribution is 2.42. The van der Waals surface area contributed by atoms with Crippen LogP contribution in [0.4, 0.5) is 0 Å². The Morgan fingerprint density at radius 3 is 1.91 bits per heavy atom. The van der Waals surface area contributed by atoms with Gasteiger partial charge in [-0.25, -0.2) is 0 Å². The fraction of sp³-hybridized carbons (Fsp3) is 0.263. The van der Waals surface area contributed by atoms with Crippen molar-refractivity contribution in [2.24, 2.45) is 0 Å². The summed E-state index contributed by atoms with van der Waals surface area (Å²) in [5.74, 6) is 1.91. The Labute approximate surface area is 135 Å². The van der Waals surface area contributed by atoms with Crippen LogP contribution < -0.4 is 4.74 Å². The number of hydrogen-bond acceptors (Lipinski definition) is 3. The molecule has 3 heteroatoms. The van der Waals surface area contributed by atoms with E-state index in [0.29, 0.717) is 0 Å². The molecule has 0 aliphatic rings. The van der Waals surface area contributed by atoms with Gasteiger partial charge in [-0.15, -0.1) is 11.8 Å². The first-order valence-electron chi connectivity index (χ1n) is 7.54. The SMILES string of the molecule is CCOCCSc1c2ccccc2c(OC)c2ccccc12. The Hall–Kier alpha value is -1.71. The molecule has 0 heterocycles. The molecule has 0 aliphatic heterocycles. The van der Waals surface area contributed by atoms with Crippen LogP contribution in [0, 0.1) is 0 Å². The molecule has 3 rings (SSSR count). The van der Waals surface area contributed by atoms with E-state index < -0.39 is 0 Å². The van der Waals surface area contributed by atoms with Crippen LogP contribution in [0.5, 0.6) is 5.75 Å². The predicted molar refractivity (Wildman–Crippen MR) is 95.2 cm³/mol. The second kappa shape index (κ2) is 7.03. The number of thioether (sulfide) groups is 1. The van der Waals surface area contributed by atoms with Crippen LogP contribution in [0.1, 0.15) is 6.92 Å². The minimum absolute atomic E-state index is 0.769. The third-order valence-corrected chi connectivity index (χ3v) is 4.81. The van der Waals surface area contributed by atoms with E-state index >= 15 is 0 Å². The highest BCUT2D eigenvalue weighted by Gasteiger charge is 2.13. The number of methoxy groups -OCH3 is 1. The summed E-state index contributed by atoms with van der Waals surface area (Å²) in [5, 5.41) is 4.84. The number of hydrogen-bond donors (Lipinski definition) is 0. The molecule has 0 N–H and O–H groups in total. The van der Waals surface area contributed by atoms with E-state index in [-0.39, 0.29) is 0 Å². The molecular formula is C19H20O2S. The lowest BCUT2D eigenvalue weighted by molar-refractivity contribution is 0.164. The molecule has 0 saturated heterocycles. The molecule has 0 aliphatic carbocycles. The lowest BCUT2D eigenvalue weighted by Crippen LogP contribution is -1.97. The first kappa shape index (κ1) is 15.2. The Bertz CT molecular complexity index is 726. The zero-order valence-electron chi connectivity index (χ0n) is 13.0. The first-order valence-corrected chi connectivity index (χ1v) is 8.53. The van der Waals surface area contributed by atoms with E-state index in [2.05, 4.69) is 48.5 Å². The van der Waals surface area contributed by atoms with Crippen molar-refractivity contribution in [2.45, 2.75) is 11.8 Å². The summed E-state index contributed by atoms with van der Waals surface area (Å²) in [7, 11) is 1.75. The van der Waals surface area contributed by atoms with Crippen LogP contribution in [-0.4, -0.2) is 26.1 Å². The highest BCUT2D eigenvalue weighted by molar-refractivity contribution is 7.99. The Balaban J connectivity index is 2.18. The molecule has 22 heavy (non-hydrogen) atoms. The second-order valence-corrected chi connectivity index (χ2v) is 6.10. The number of benzene rings is 3. The maximum atomic E-state index is 5.70. The quantitative estimate of drug-likeness (QED) is 0.357. The van der Waals surface area contributed by atoms with Crippen molar-refractivity contribution in [3.8, 4) is 5.75 Å². The van der Waals surface area contributed by atoms with Crippen molar-refractivity contribution in [2.75, 3.05) is 26.1 Å². The lowest BCUT2D eigenvalue weighted by atomic mass is 10.0. The van der Waals surface area contributed by atoms with Crippen molar-refractivity contribution in [1.82, 2.24) is 0 Å². The Morgan fingerprint density at radius 1 is 0.864 bits per heavy atom. The third kappa shape index (κ3) is 2.79. The van der Waals surface area contributed by atoms with Crippen LogP contribution in [0.3, 0.4) is 0 Å². The molecular weight excluding hydrogens is 292 g/mol. The van der Waals surface area contributed by atoms with Crippen molar-refractivity contribution in [3.05, 3.63) is 48.5 Å². The fourth-order valence-corrected chi connectivity index (χ4v) is 3.84.